The van der Waals surface area contributed by atoms with Gasteiger partial charge in [-0.1, -0.05) is 53.7 Å². The van der Waals surface area contributed by atoms with Crippen LogP contribution >= 0.6 is 23.4 Å². The molecule has 0 spiro atoms. The van der Waals surface area contributed by atoms with Crippen molar-refractivity contribution in [3.05, 3.63) is 59.9 Å². The summed E-state index contributed by atoms with van der Waals surface area (Å²) in [6.07, 6.45) is 3.31. The number of nitrogens with zero attached hydrogens (tertiary/aromatic N) is 3. The van der Waals surface area contributed by atoms with Crippen LogP contribution in [-0.4, -0.2) is 26.2 Å². The zero-order valence-electron chi connectivity index (χ0n) is 12.9. The predicted octanol–water partition coefficient (Wildman–Crippen LogP) is 3.87. The van der Waals surface area contributed by atoms with Gasteiger partial charge in [-0.2, -0.15) is 0 Å². The van der Waals surface area contributed by atoms with Crippen LogP contribution in [0.3, 0.4) is 0 Å². The number of carbonyl (C=O) groups is 1. The molecule has 0 saturated carbocycles. The van der Waals surface area contributed by atoms with Crippen LogP contribution in [0.1, 0.15) is 0 Å². The van der Waals surface area contributed by atoms with Crippen molar-refractivity contribution in [1.82, 2.24) is 14.5 Å². The van der Waals surface area contributed by atoms with Gasteiger partial charge < -0.3 is 9.88 Å². The lowest BCUT2D eigenvalue weighted by Gasteiger charge is -2.06. The Morgan fingerprint density at radius 1 is 1.17 bits per heavy atom. The third-order valence-electron chi connectivity index (χ3n) is 3.34. The molecule has 24 heavy (non-hydrogen) atoms. The number of benzene rings is 1. The normalized spacial score (nSPS) is 10.6. The molecule has 5 nitrogen and oxygen atoms in total. The number of hydrogen-bond donors (Lipinski definition) is 1. The number of carbonyl (C=O) groups excluding carboxylic acids is 1. The Labute approximate surface area is 149 Å². The molecular formula is C17H15ClN4OS. The second-order valence-corrected chi connectivity index (χ2v) is 6.43. The van der Waals surface area contributed by atoms with E-state index in [0.717, 1.165) is 16.4 Å². The van der Waals surface area contributed by atoms with Crippen molar-refractivity contribution >= 4 is 35.1 Å². The Bertz CT molecular complexity index is 834. The first-order valence-electron chi connectivity index (χ1n) is 7.25. The summed E-state index contributed by atoms with van der Waals surface area (Å²) < 4.78 is 1.98. The van der Waals surface area contributed by atoms with Gasteiger partial charge in [0.05, 0.1) is 22.7 Å². The molecule has 0 atom stereocenters. The summed E-state index contributed by atoms with van der Waals surface area (Å²) in [5, 5.41) is 4.05. The average molecular weight is 359 g/mol. The van der Waals surface area contributed by atoms with E-state index in [1.54, 1.807) is 12.1 Å². The Kier molecular flexibility index (Phi) is 5.17. The molecule has 0 radical (unpaired) electrons. The highest BCUT2D eigenvalue weighted by Crippen LogP contribution is 2.24. The van der Waals surface area contributed by atoms with E-state index in [4.69, 9.17) is 11.6 Å². The fourth-order valence-electron chi connectivity index (χ4n) is 2.16. The van der Waals surface area contributed by atoms with Crippen LogP contribution in [0.15, 0.2) is 60.0 Å². The number of pyridine rings is 1. The van der Waals surface area contributed by atoms with Gasteiger partial charge >= 0.3 is 0 Å². The highest BCUT2D eigenvalue weighted by Gasteiger charge is 2.11. The third kappa shape index (κ3) is 3.96. The number of hydrogen-bond acceptors (Lipinski definition) is 4. The van der Waals surface area contributed by atoms with Gasteiger partial charge in [0.1, 0.15) is 5.82 Å². The van der Waals surface area contributed by atoms with Crippen LogP contribution in [0.4, 0.5) is 5.82 Å². The summed E-state index contributed by atoms with van der Waals surface area (Å²) in [6.45, 7) is 0. The minimum Gasteiger partial charge on any atom is -0.322 e. The fraction of sp³-hybridized carbons (Fsp3) is 0.118. The van der Waals surface area contributed by atoms with E-state index in [1.165, 1.54) is 18.0 Å². The highest BCUT2D eigenvalue weighted by atomic mass is 35.5. The Hall–Kier alpha value is -2.31. The number of rotatable bonds is 5. The largest absolute Gasteiger partial charge is 0.322 e. The van der Waals surface area contributed by atoms with Gasteiger partial charge in [-0.15, -0.1) is 0 Å². The highest BCUT2D eigenvalue weighted by molar-refractivity contribution is 7.99. The monoisotopic (exact) mass is 358 g/mol. The lowest BCUT2D eigenvalue weighted by Crippen LogP contribution is -2.15. The minimum atomic E-state index is -0.140. The zero-order valence-corrected chi connectivity index (χ0v) is 14.5. The maximum absolute atomic E-state index is 12.0. The number of halogens is 1. The molecule has 122 valence electrons. The average Bonchev–Trinajstić information content (AvgIpc) is 2.97. The number of nitrogens with one attached hydrogen (secondary N) is 1. The molecule has 0 aliphatic rings. The molecule has 0 aliphatic heterocycles. The molecule has 2 aromatic heterocycles. The molecule has 3 aromatic rings. The van der Waals surface area contributed by atoms with E-state index in [0.29, 0.717) is 10.8 Å². The number of aromatic nitrogens is 3. The summed E-state index contributed by atoms with van der Waals surface area (Å²) in [5.41, 5.74) is 2.10. The Balaban J connectivity index is 1.62. The van der Waals surface area contributed by atoms with Gasteiger partial charge in [0.25, 0.3) is 0 Å². The van der Waals surface area contributed by atoms with E-state index in [1.807, 2.05) is 48.1 Å². The standard InChI is InChI=1S/C17H15ClN4OS/c1-22-14(12-5-3-2-4-6-12)10-20-17(22)24-11-16(23)21-15-8-7-13(18)9-19-15/h2-10H,11H2,1H3,(H,19,21,23). The van der Waals surface area contributed by atoms with Gasteiger partial charge in [-0.05, 0) is 17.7 Å². The van der Waals surface area contributed by atoms with E-state index in [-0.39, 0.29) is 11.7 Å². The predicted molar refractivity (Wildman–Crippen MR) is 97.2 cm³/mol. The number of anilines is 1. The molecular weight excluding hydrogens is 344 g/mol. The minimum absolute atomic E-state index is 0.140. The molecule has 0 aliphatic carbocycles. The van der Waals surface area contributed by atoms with Crippen molar-refractivity contribution in [2.45, 2.75) is 5.16 Å². The van der Waals surface area contributed by atoms with Crippen LogP contribution in [0.25, 0.3) is 11.3 Å². The maximum atomic E-state index is 12.0. The van der Waals surface area contributed by atoms with Crippen molar-refractivity contribution in [3.63, 3.8) is 0 Å². The molecule has 0 saturated heterocycles. The summed E-state index contributed by atoms with van der Waals surface area (Å²) in [5.74, 6) is 0.595. The van der Waals surface area contributed by atoms with Gasteiger partial charge in [0.2, 0.25) is 5.91 Å². The van der Waals surface area contributed by atoms with Gasteiger partial charge in [0.15, 0.2) is 5.16 Å². The van der Waals surface area contributed by atoms with E-state index >= 15 is 0 Å². The Morgan fingerprint density at radius 3 is 2.67 bits per heavy atom. The lowest BCUT2D eigenvalue weighted by molar-refractivity contribution is -0.113. The third-order valence-corrected chi connectivity index (χ3v) is 4.61. The first-order valence-corrected chi connectivity index (χ1v) is 8.61. The number of amides is 1. The van der Waals surface area contributed by atoms with Crippen molar-refractivity contribution in [2.24, 2.45) is 7.05 Å². The van der Waals surface area contributed by atoms with Crippen LogP contribution in [0.2, 0.25) is 5.02 Å². The van der Waals surface area contributed by atoms with Crippen LogP contribution < -0.4 is 5.32 Å². The molecule has 1 N–H and O–H groups in total. The molecule has 0 bridgehead atoms. The van der Waals surface area contributed by atoms with E-state index < -0.39 is 0 Å². The number of imidazole rings is 1. The topological polar surface area (TPSA) is 59.8 Å². The molecule has 7 heteroatoms. The molecule has 2 heterocycles. The van der Waals surface area contributed by atoms with Crippen molar-refractivity contribution in [3.8, 4) is 11.3 Å². The molecule has 3 rings (SSSR count). The zero-order chi connectivity index (χ0) is 16.9. The summed E-state index contributed by atoms with van der Waals surface area (Å²) in [4.78, 5) is 20.5. The smallest absolute Gasteiger partial charge is 0.236 e. The lowest BCUT2D eigenvalue weighted by atomic mass is 10.2. The molecule has 0 unspecified atom stereocenters. The van der Waals surface area contributed by atoms with Crippen LogP contribution in [-0.2, 0) is 11.8 Å². The van der Waals surface area contributed by atoms with Crippen LogP contribution in [0, 0.1) is 0 Å². The molecule has 1 amide bonds. The van der Waals surface area contributed by atoms with Crippen molar-refractivity contribution in [1.29, 1.82) is 0 Å². The fourth-order valence-corrected chi connectivity index (χ4v) is 3.03. The first kappa shape index (κ1) is 16.5. The summed E-state index contributed by atoms with van der Waals surface area (Å²) in [6, 6.07) is 13.4. The van der Waals surface area contributed by atoms with Crippen LogP contribution in [0.5, 0.6) is 0 Å². The van der Waals surface area contributed by atoms with Gasteiger partial charge in [0, 0.05) is 13.2 Å². The maximum Gasteiger partial charge on any atom is 0.236 e. The molecule has 1 aromatic carbocycles. The first-order chi connectivity index (χ1) is 11.6. The van der Waals surface area contributed by atoms with E-state index in [9.17, 15) is 4.79 Å². The summed E-state index contributed by atoms with van der Waals surface area (Å²) >= 11 is 7.15. The Morgan fingerprint density at radius 2 is 1.96 bits per heavy atom. The summed E-state index contributed by atoms with van der Waals surface area (Å²) in [7, 11) is 1.94. The quantitative estimate of drug-likeness (QED) is 0.703. The van der Waals surface area contributed by atoms with Crippen molar-refractivity contribution < 1.29 is 4.79 Å². The SMILES string of the molecule is Cn1c(-c2ccccc2)cnc1SCC(=O)Nc1ccc(Cl)cn1. The number of thioether (sulfide) groups is 1. The van der Waals surface area contributed by atoms with Gasteiger partial charge in [-0.3, -0.25) is 4.79 Å². The van der Waals surface area contributed by atoms with Gasteiger partial charge in [-0.25, -0.2) is 9.97 Å². The van der Waals surface area contributed by atoms with E-state index in [2.05, 4.69) is 15.3 Å². The second-order valence-electron chi connectivity index (χ2n) is 5.05. The van der Waals surface area contributed by atoms with Crippen molar-refractivity contribution in [2.75, 3.05) is 11.1 Å². The second kappa shape index (κ2) is 7.51. The molecule has 0 fully saturated rings.